The van der Waals surface area contributed by atoms with Crippen molar-refractivity contribution in [2.75, 3.05) is 6.61 Å². The van der Waals surface area contributed by atoms with Crippen LogP contribution in [0.25, 0.3) is 0 Å². The van der Waals surface area contributed by atoms with Crippen molar-refractivity contribution in [3.05, 3.63) is 54.3 Å². The van der Waals surface area contributed by atoms with Gasteiger partial charge in [0.25, 0.3) is 0 Å². The molecule has 0 aromatic heterocycles. The summed E-state index contributed by atoms with van der Waals surface area (Å²) in [4.78, 5) is 0. The third-order valence-electron chi connectivity index (χ3n) is 2.85. The first-order valence-electron chi connectivity index (χ1n) is 5.79. The van der Waals surface area contributed by atoms with Gasteiger partial charge in [0, 0.05) is 24.1 Å². The second kappa shape index (κ2) is 5.06. The molecule has 0 bridgehead atoms. The predicted molar refractivity (Wildman–Crippen MR) is 69.5 cm³/mol. The molecule has 0 heterocycles. The fourth-order valence-electron chi connectivity index (χ4n) is 1.91. The highest BCUT2D eigenvalue weighted by Crippen LogP contribution is 2.21. The Morgan fingerprint density at radius 3 is 2.71 bits per heavy atom. The number of allylic oxidation sites excluding steroid dienone is 2. The van der Waals surface area contributed by atoms with E-state index in [1.54, 1.807) is 0 Å². The largest absolute Gasteiger partial charge is 0.494 e. The summed E-state index contributed by atoms with van der Waals surface area (Å²) in [6.07, 6.45) is 7.26. The Balaban J connectivity index is 1.83. The van der Waals surface area contributed by atoms with Crippen LogP contribution in [-0.2, 0) is 0 Å². The first-order valence-corrected chi connectivity index (χ1v) is 5.79. The molecule has 3 nitrogen and oxygen atoms in total. The number of ether oxygens (including phenoxy) is 1. The van der Waals surface area contributed by atoms with E-state index in [2.05, 4.69) is 0 Å². The van der Waals surface area contributed by atoms with Crippen molar-refractivity contribution in [2.24, 2.45) is 11.5 Å². The van der Waals surface area contributed by atoms with E-state index in [1.807, 2.05) is 48.6 Å². The van der Waals surface area contributed by atoms with Crippen molar-refractivity contribution in [1.29, 1.82) is 0 Å². The van der Waals surface area contributed by atoms with E-state index in [0.29, 0.717) is 13.0 Å². The van der Waals surface area contributed by atoms with Crippen LogP contribution in [0.3, 0.4) is 0 Å². The smallest absolute Gasteiger partial charge is 0.119 e. The van der Waals surface area contributed by atoms with E-state index in [0.717, 1.165) is 17.9 Å². The fraction of sp³-hybridized carbons (Fsp3) is 0.286. The summed E-state index contributed by atoms with van der Waals surface area (Å²) in [7, 11) is 0. The summed E-state index contributed by atoms with van der Waals surface area (Å²) in [5, 5.41) is 0. The van der Waals surface area contributed by atoms with Crippen molar-refractivity contribution < 1.29 is 4.74 Å². The number of nitrogens with two attached hydrogens (primary N) is 2. The van der Waals surface area contributed by atoms with Gasteiger partial charge in [0.2, 0.25) is 0 Å². The maximum Gasteiger partial charge on any atom is 0.119 e. The monoisotopic (exact) mass is 230 g/mol. The molecule has 1 aromatic carbocycles. The van der Waals surface area contributed by atoms with Crippen molar-refractivity contribution >= 4 is 0 Å². The maximum atomic E-state index is 6.23. The highest BCUT2D eigenvalue weighted by atomic mass is 16.5. The van der Waals surface area contributed by atoms with E-state index < -0.39 is 0 Å². The number of hydrogen-bond acceptors (Lipinski definition) is 3. The Hall–Kier alpha value is -1.74. The first-order chi connectivity index (χ1) is 8.18. The SMILES string of the molecule is NC1=CC=CC(N)(CCOc2ccccc2)C1. The lowest BCUT2D eigenvalue weighted by molar-refractivity contribution is 0.276. The van der Waals surface area contributed by atoms with Gasteiger partial charge in [-0.25, -0.2) is 0 Å². The molecule has 0 radical (unpaired) electrons. The lowest BCUT2D eigenvalue weighted by Crippen LogP contribution is -2.41. The summed E-state index contributed by atoms with van der Waals surface area (Å²) in [5.74, 6) is 0.874. The molecule has 17 heavy (non-hydrogen) atoms. The van der Waals surface area contributed by atoms with Crippen LogP contribution in [-0.4, -0.2) is 12.1 Å². The Labute approximate surface area is 102 Å². The first kappa shape index (κ1) is 11.7. The summed E-state index contributed by atoms with van der Waals surface area (Å²) in [6, 6.07) is 9.75. The minimum atomic E-state index is -0.367. The lowest BCUT2D eigenvalue weighted by atomic mass is 9.88. The second-order valence-corrected chi connectivity index (χ2v) is 4.42. The summed E-state index contributed by atoms with van der Waals surface area (Å²) < 4.78 is 5.64. The number of rotatable bonds is 4. The molecule has 0 saturated heterocycles. The van der Waals surface area contributed by atoms with Gasteiger partial charge in [-0.3, -0.25) is 0 Å². The minimum absolute atomic E-state index is 0.367. The van der Waals surface area contributed by atoms with Crippen LogP contribution in [0.2, 0.25) is 0 Å². The lowest BCUT2D eigenvalue weighted by Gasteiger charge is -2.28. The number of para-hydroxylation sites is 1. The van der Waals surface area contributed by atoms with Gasteiger partial charge >= 0.3 is 0 Å². The minimum Gasteiger partial charge on any atom is -0.494 e. The Kier molecular flexibility index (Phi) is 3.49. The van der Waals surface area contributed by atoms with Gasteiger partial charge in [-0.05, 0) is 18.2 Å². The molecular formula is C14H18N2O. The van der Waals surface area contributed by atoms with Crippen LogP contribution >= 0.6 is 0 Å². The molecule has 1 aliphatic carbocycles. The molecule has 0 amide bonds. The number of benzene rings is 1. The van der Waals surface area contributed by atoms with Crippen molar-refractivity contribution in [2.45, 2.75) is 18.4 Å². The molecule has 3 heteroatoms. The molecular weight excluding hydrogens is 212 g/mol. The van der Waals surface area contributed by atoms with E-state index >= 15 is 0 Å². The molecule has 4 N–H and O–H groups in total. The molecule has 0 aliphatic heterocycles. The van der Waals surface area contributed by atoms with Crippen molar-refractivity contribution in [3.63, 3.8) is 0 Å². The summed E-state index contributed by atoms with van der Waals surface area (Å²) in [6.45, 7) is 0.595. The normalized spacial score (nSPS) is 23.2. The van der Waals surface area contributed by atoms with E-state index in [9.17, 15) is 0 Å². The van der Waals surface area contributed by atoms with Gasteiger partial charge in [0.1, 0.15) is 5.75 Å². The van der Waals surface area contributed by atoms with E-state index in [4.69, 9.17) is 16.2 Å². The third kappa shape index (κ3) is 3.36. The van der Waals surface area contributed by atoms with E-state index in [1.165, 1.54) is 0 Å². The van der Waals surface area contributed by atoms with Crippen molar-refractivity contribution in [3.8, 4) is 5.75 Å². The van der Waals surface area contributed by atoms with Gasteiger partial charge in [-0.2, -0.15) is 0 Å². The van der Waals surface area contributed by atoms with Crippen LogP contribution < -0.4 is 16.2 Å². The fourth-order valence-corrected chi connectivity index (χ4v) is 1.91. The van der Waals surface area contributed by atoms with Gasteiger partial charge in [0.05, 0.1) is 6.61 Å². The molecule has 1 aromatic rings. The standard InChI is InChI=1S/C14H18N2O/c15-12-5-4-8-14(16,11-12)9-10-17-13-6-2-1-3-7-13/h1-8H,9-11,15-16H2. The molecule has 0 spiro atoms. The molecule has 1 aliphatic rings. The molecule has 2 rings (SSSR count). The summed E-state index contributed by atoms with van der Waals surface area (Å²) in [5.41, 5.74) is 12.5. The molecule has 90 valence electrons. The molecule has 1 unspecified atom stereocenters. The topological polar surface area (TPSA) is 61.3 Å². The maximum absolute atomic E-state index is 6.23. The van der Waals surface area contributed by atoms with Crippen LogP contribution in [0, 0.1) is 0 Å². The van der Waals surface area contributed by atoms with Crippen LogP contribution in [0.1, 0.15) is 12.8 Å². The van der Waals surface area contributed by atoms with Gasteiger partial charge < -0.3 is 16.2 Å². The van der Waals surface area contributed by atoms with Crippen LogP contribution in [0.15, 0.2) is 54.3 Å². The zero-order chi connectivity index (χ0) is 12.1. The number of hydrogen-bond donors (Lipinski definition) is 2. The Morgan fingerprint density at radius 1 is 1.24 bits per heavy atom. The van der Waals surface area contributed by atoms with Gasteiger partial charge in [0.15, 0.2) is 0 Å². The van der Waals surface area contributed by atoms with E-state index in [-0.39, 0.29) is 5.54 Å². The highest BCUT2D eigenvalue weighted by molar-refractivity contribution is 5.25. The Morgan fingerprint density at radius 2 is 2.00 bits per heavy atom. The molecule has 0 fully saturated rings. The van der Waals surface area contributed by atoms with Crippen LogP contribution in [0.5, 0.6) is 5.75 Å². The van der Waals surface area contributed by atoms with Crippen molar-refractivity contribution in [1.82, 2.24) is 0 Å². The highest BCUT2D eigenvalue weighted by Gasteiger charge is 2.24. The Bertz CT molecular complexity index is 425. The average Bonchev–Trinajstić information content (AvgIpc) is 2.30. The summed E-state index contributed by atoms with van der Waals surface area (Å²) >= 11 is 0. The molecule has 0 saturated carbocycles. The predicted octanol–water partition coefficient (Wildman–Crippen LogP) is 1.96. The van der Waals surface area contributed by atoms with Gasteiger partial charge in [-0.1, -0.05) is 30.4 Å². The zero-order valence-electron chi connectivity index (χ0n) is 9.80. The quantitative estimate of drug-likeness (QED) is 0.831. The zero-order valence-corrected chi connectivity index (χ0v) is 9.80. The average molecular weight is 230 g/mol. The second-order valence-electron chi connectivity index (χ2n) is 4.42. The third-order valence-corrected chi connectivity index (χ3v) is 2.85. The van der Waals surface area contributed by atoms with Crippen LogP contribution in [0.4, 0.5) is 0 Å². The van der Waals surface area contributed by atoms with Gasteiger partial charge in [-0.15, -0.1) is 0 Å². The molecule has 1 atom stereocenters.